The topological polar surface area (TPSA) is 144 Å². The van der Waals surface area contributed by atoms with E-state index in [4.69, 9.17) is 15.0 Å². The van der Waals surface area contributed by atoms with E-state index in [0.29, 0.717) is 13.0 Å². The van der Waals surface area contributed by atoms with Crippen LogP contribution in [0.5, 0.6) is 0 Å². The summed E-state index contributed by atoms with van der Waals surface area (Å²) in [6.45, 7) is 1.00. The van der Waals surface area contributed by atoms with Crippen LogP contribution in [-0.4, -0.2) is 73.4 Å². The molecule has 0 radical (unpaired) electrons. The molecule has 0 unspecified atom stereocenters. The van der Waals surface area contributed by atoms with Crippen molar-refractivity contribution >= 4 is 22.4 Å². The summed E-state index contributed by atoms with van der Waals surface area (Å²) in [5.74, 6) is -1.24. The Labute approximate surface area is 156 Å². The van der Waals surface area contributed by atoms with Crippen LogP contribution < -0.4 is 4.72 Å². The summed E-state index contributed by atoms with van der Waals surface area (Å²) >= 11 is 0. The second kappa shape index (κ2) is 10.3. The minimum atomic E-state index is -3.93. The van der Waals surface area contributed by atoms with Gasteiger partial charge in [-0.1, -0.05) is 0 Å². The van der Waals surface area contributed by atoms with Crippen molar-refractivity contribution in [3.63, 3.8) is 0 Å². The third kappa shape index (κ3) is 6.54. The van der Waals surface area contributed by atoms with E-state index in [1.54, 1.807) is 0 Å². The highest BCUT2D eigenvalue weighted by Gasteiger charge is 2.30. The van der Waals surface area contributed by atoms with E-state index in [9.17, 15) is 22.7 Å². The molecule has 1 aliphatic heterocycles. The molecule has 2 atom stereocenters. The summed E-state index contributed by atoms with van der Waals surface area (Å²) in [6.07, 6.45) is -0.378. The van der Waals surface area contributed by atoms with Crippen LogP contribution in [0.4, 0.5) is 4.39 Å². The zero-order valence-corrected chi connectivity index (χ0v) is 15.5. The van der Waals surface area contributed by atoms with Gasteiger partial charge in [0.1, 0.15) is 5.82 Å². The van der Waals surface area contributed by atoms with Gasteiger partial charge < -0.3 is 20.2 Å². The molecular weight excluding hydrogens is 383 g/mol. The number of benzene rings is 1. The largest absolute Gasteiger partial charge is 0.483 e. The van der Waals surface area contributed by atoms with Crippen molar-refractivity contribution in [2.45, 2.75) is 24.3 Å². The lowest BCUT2D eigenvalue weighted by molar-refractivity contribution is -0.135. The molecule has 1 fully saturated rings. The van der Waals surface area contributed by atoms with Crippen molar-refractivity contribution in [1.82, 2.24) is 9.62 Å². The first-order valence-corrected chi connectivity index (χ1v) is 9.55. The molecule has 11 heteroatoms. The SMILES string of the molecule is Cc1cc(S(=O)(=O)NCC(=O)N2CC[C@H](CO)[C@H](O)C2)ccc1F.O=CO. The highest BCUT2D eigenvalue weighted by Crippen LogP contribution is 2.18. The van der Waals surface area contributed by atoms with E-state index in [0.717, 1.165) is 12.1 Å². The zero-order chi connectivity index (χ0) is 20.6. The smallest absolute Gasteiger partial charge is 0.290 e. The molecule has 2 rings (SSSR count). The molecule has 1 saturated heterocycles. The van der Waals surface area contributed by atoms with Gasteiger partial charge in [-0.2, -0.15) is 0 Å². The molecule has 9 nitrogen and oxygen atoms in total. The molecule has 0 saturated carbocycles. The first-order valence-electron chi connectivity index (χ1n) is 8.06. The lowest BCUT2D eigenvalue weighted by Gasteiger charge is -2.35. The third-order valence-corrected chi connectivity index (χ3v) is 5.56. The van der Waals surface area contributed by atoms with Crippen LogP contribution in [0.15, 0.2) is 23.1 Å². The molecule has 27 heavy (non-hydrogen) atoms. The number of amides is 1. The fourth-order valence-corrected chi connectivity index (χ4v) is 3.62. The van der Waals surface area contributed by atoms with Crippen LogP contribution in [-0.2, 0) is 19.6 Å². The second-order valence-corrected chi connectivity index (χ2v) is 7.75. The normalized spacial score (nSPS) is 19.8. The predicted octanol–water partition coefficient (Wildman–Crippen LogP) is -0.685. The van der Waals surface area contributed by atoms with E-state index in [1.807, 2.05) is 0 Å². The first-order chi connectivity index (χ1) is 12.7. The number of aryl methyl sites for hydroxylation is 1. The Kier molecular flexibility index (Phi) is 8.76. The van der Waals surface area contributed by atoms with E-state index in [2.05, 4.69) is 4.72 Å². The average Bonchev–Trinajstić information content (AvgIpc) is 2.62. The number of sulfonamides is 1. The summed E-state index contributed by atoms with van der Waals surface area (Å²) in [5, 5.41) is 25.8. The van der Waals surface area contributed by atoms with Crippen LogP contribution in [0.1, 0.15) is 12.0 Å². The summed E-state index contributed by atoms with van der Waals surface area (Å²) in [7, 11) is -3.93. The molecule has 0 spiro atoms. The maximum atomic E-state index is 13.2. The van der Waals surface area contributed by atoms with Crippen molar-refractivity contribution in [2.24, 2.45) is 5.92 Å². The number of carbonyl (C=O) groups is 2. The summed E-state index contributed by atoms with van der Waals surface area (Å²) in [6, 6.07) is 3.38. The summed E-state index contributed by atoms with van der Waals surface area (Å²) < 4.78 is 39.7. The van der Waals surface area contributed by atoms with Crippen molar-refractivity contribution in [3.05, 3.63) is 29.6 Å². The third-order valence-electron chi connectivity index (χ3n) is 4.16. The summed E-state index contributed by atoms with van der Waals surface area (Å²) in [5.41, 5.74) is 0.193. The number of nitrogens with zero attached hydrogens (tertiary/aromatic N) is 1. The number of aliphatic hydroxyl groups excluding tert-OH is 2. The minimum Gasteiger partial charge on any atom is -0.483 e. The van der Waals surface area contributed by atoms with Crippen LogP contribution in [0, 0.1) is 18.7 Å². The van der Waals surface area contributed by atoms with Crippen molar-refractivity contribution in [2.75, 3.05) is 26.2 Å². The van der Waals surface area contributed by atoms with Gasteiger partial charge in [0.2, 0.25) is 15.9 Å². The Hall–Kier alpha value is -2.08. The molecule has 0 aromatic heterocycles. The van der Waals surface area contributed by atoms with E-state index < -0.39 is 34.4 Å². The van der Waals surface area contributed by atoms with Gasteiger partial charge in [-0.25, -0.2) is 17.5 Å². The molecule has 1 amide bonds. The van der Waals surface area contributed by atoms with Crippen molar-refractivity contribution in [3.8, 4) is 0 Å². The maximum absolute atomic E-state index is 13.2. The molecule has 1 aromatic rings. The number of carbonyl (C=O) groups excluding carboxylic acids is 1. The van der Waals surface area contributed by atoms with E-state index in [-0.39, 0.29) is 36.0 Å². The molecule has 1 heterocycles. The van der Waals surface area contributed by atoms with Gasteiger partial charge in [-0.15, -0.1) is 0 Å². The molecule has 1 aromatic carbocycles. The number of hydrogen-bond acceptors (Lipinski definition) is 6. The average molecular weight is 406 g/mol. The van der Waals surface area contributed by atoms with Crippen LogP contribution in [0.25, 0.3) is 0 Å². The zero-order valence-electron chi connectivity index (χ0n) is 14.7. The van der Waals surface area contributed by atoms with Gasteiger partial charge in [-0.3, -0.25) is 9.59 Å². The summed E-state index contributed by atoms with van der Waals surface area (Å²) in [4.78, 5) is 21.7. The first kappa shape index (κ1) is 23.0. The number of nitrogens with one attached hydrogen (secondary N) is 1. The number of rotatable bonds is 5. The van der Waals surface area contributed by atoms with Crippen molar-refractivity contribution < 1.29 is 37.7 Å². The van der Waals surface area contributed by atoms with E-state index in [1.165, 1.54) is 17.9 Å². The lowest BCUT2D eigenvalue weighted by Crippen LogP contribution is -2.50. The number of aliphatic hydroxyl groups is 2. The Morgan fingerprint density at radius 1 is 1.44 bits per heavy atom. The Morgan fingerprint density at radius 3 is 2.59 bits per heavy atom. The number of likely N-dealkylation sites (tertiary alicyclic amines) is 1. The van der Waals surface area contributed by atoms with Gasteiger partial charge in [0.05, 0.1) is 17.5 Å². The van der Waals surface area contributed by atoms with Gasteiger partial charge in [0.25, 0.3) is 6.47 Å². The highest BCUT2D eigenvalue weighted by atomic mass is 32.2. The molecular formula is C16H23FN2O7S. The second-order valence-electron chi connectivity index (χ2n) is 5.98. The number of hydrogen-bond donors (Lipinski definition) is 4. The molecule has 4 N–H and O–H groups in total. The molecule has 1 aliphatic rings. The van der Waals surface area contributed by atoms with Gasteiger partial charge >= 0.3 is 0 Å². The molecule has 0 bridgehead atoms. The fourth-order valence-electron chi connectivity index (χ4n) is 2.56. The number of halogens is 1. The van der Waals surface area contributed by atoms with Crippen molar-refractivity contribution in [1.29, 1.82) is 0 Å². The number of β-amino-alcohol motifs (C(OH)–C–C–N with tert-alkyl or cyclic N) is 1. The lowest BCUT2D eigenvalue weighted by atomic mass is 9.95. The monoisotopic (exact) mass is 406 g/mol. The van der Waals surface area contributed by atoms with Crippen LogP contribution >= 0.6 is 0 Å². The number of piperidine rings is 1. The quantitative estimate of drug-likeness (QED) is 0.474. The standard InChI is InChI=1S/C15H21FN2O5S.CH2O2/c1-10-6-12(2-3-13(10)16)24(22,23)17-7-15(21)18-5-4-11(9-19)14(20)8-18;2-1-3/h2-3,6,11,14,17,19-20H,4-5,7-9H2,1H3;1H,(H,2,3)/t11-,14-;/m1./s1. The van der Waals surface area contributed by atoms with Gasteiger partial charge in [0, 0.05) is 25.6 Å². The fraction of sp³-hybridized carbons (Fsp3) is 0.500. The molecule has 152 valence electrons. The minimum absolute atomic E-state index is 0.0570. The molecule has 0 aliphatic carbocycles. The Morgan fingerprint density at radius 2 is 2.07 bits per heavy atom. The van der Waals surface area contributed by atoms with Gasteiger partial charge in [0.15, 0.2) is 0 Å². The van der Waals surface area contributed by atoms with E-state index >= 15 is 0 Å². The predicted molar refractivity (Wildman–Crippen MR) is 92.8 cm³/mol. The van der Waals surface area contributed by atoms with Crippen LogP contribution in [0.2, 0.25) is 0 Å². The Bertz CT molecular complexity index is 757. The Balaban J connectivity index is 0.00000114. The van der Waals surface area contributed by atoms with Gasteiger partial charge in [-0.05, 0) is 37.1 Å². The van der Waals surface area contributed by atoms with Crippen LogP contribution in [0.3, 0.4) is 0 Å². The highest BCUT2D eigenvalue weighted by molar-refractivity contribution is 7.89. The number of carboxylic acid groups (broad SMARTS) is 1. The maximum Gasteiger partial charge on any atom is 0.290 e.